The van der Waals surface area contributed by atoms with Gasteiger partial charge in [-0.15, -0.1) is 0 Å². The van der Waals surface area contributed by atoms with Crippen molar-refractivity contribution in [2.45, 2.75) is 13.0 Å². The Morgan fingerprint density at radius 2 is 1.87 bits per heavy atom. The van der Waals surface area contributed by atoms with Gasteiger partial charge in [0.2, 0.25) is 0 Å². The molecule has 148 valence electrons. The molecule has 0 aliphatic heterocycles. The predicted molar refractivity (Wildman–Crippen MR) is 119 cm³/mol. The number of fused-ring (bicyclic) bond motifs is 2. The van der Waals surface area contributed by atoms with Gasteiger partial charge in [0.15, 0.2) is 0 Å². The number of aliphatic hydroxyl groups is 1. The standard InChI is InChI=1S/C24H21N5O/c1-15-7-9-18-20(12-25-23(18)28-15)17-8-10-21-19(11-17)24(27-14-26-21)29-22(13-30)16-5-3-2-4-6-16/h2-12,14,22,30H,13H2,1H3,(H,25,28)(H,26,27,29)/t22-/m1/s1. The molecule has 0 aliphatic carbocycles. The first-order valence-electron chi connectivity index (χ1n) is 9.85. The van der Waals surface area contributed by atoms with E-state index in [-0.39, 0.29) is 12.6 Å². The fourth-order valence-electron chi connectivity index (χ4n) is 3.77. The summed E-state index contributed by atoms with van der Waals surface area (Å²) in [5.41, 5.74) is 5.83. The van der Waals surface area contributed by atoms with Gasteiger partial charge in [0.1, 0.15) is 17.8 Å². The number of H-pyrrole nitrogens is 1. The molecule has 3 heterocycles. The molecular formula is C24H21N5O. The van der Waals surface area contributed by atoms with Crippen molar-refractivity contribution in [3.8, 4) is 11.1 Å². The fraction of sp³-hybridized carbons (Fsp3) is 0.125. The average molecular weight is 395 g/mol. The van der Waals surface area contributed by atoms with E-state index in [0.717, 1.165) is 44.3 Å². The van der Waals surface area contributed by atoms with Crippen molar-refractivity contribution in [2.75, 3.05) is 11.9 Å². The molecule has 6 heteroatoms. The van der Waals surface area contributed by atoms with Crippen LogP contribution in [-0.4, -0.2) is 31.6 Å². The highest BCUT2D eigenvalue weighted by molar-refractivity contribution is 5.98. The maximum atomic E-state index is 9.94. The monoisotopic (exact) mass is 395 g/mol. The Morgan fingerprint density at radius 1 is 1.00 bits per heavy atom. The third kappa shape index (κ3) is 3.27. The second-order valence-corrected chi connectivity index (χ2v) is 7.30. The number of aromatic amines is 1. The zero-order valence-electron chi connectivity index (χ0n) is 16.5. The second-order valence-electron chi connectivity index (χ2n) is 7.30. The van der Waals surface area contributed by atoms with Gasteiger partial charge in [-0.05, 0) is 42.3 Å². The second kappa shape index (κ2) is 7.57. The van der Waals surface area contributed by atoms with E-state index in [2.05, 4.69) is 43.5 Å². The summed E-state index contributed by atoms with van der Waals surface area (Å²) in [6.07, 6.45) is 3.53. The summed E-state index contributed by atoms with van der Waals surface area (Å²) in [5.74, 6) is 0.693. The zero-order valence-corrected chi connectivity index (χ0v) is 16.5. The number of aliphatic hydroxyl groups excluding tert-OH is 1. The summed E-state index contributed by atoms with van der Waals surface area (Å²) in [7, 11) is 0. The van der Waals surface area contributed by atoms with Crippen LogP contribution in [0, 0.1) is 6.92 Å². The summed E-state index contributed by atoms with van der Waals surface area (Å²) in [5, 5.41) is 15.3. The van der Waals surface area contributed by atoms with Gasteiger partial charge in [-0.1, -0.05) is 36.4 Å². The van der Waals surface area contributed by atoms with E-state index in [0.29, 0.717) is 5.82 Å². The van der Waals surface area contributed by atoms with Crippen molar-refractivity contribution in [1.29, 1.82) is 0 Å². The van der Waals surface area contributed by atoms with E-state index < -0.39 is 0 Å². The van der Waals surface area contributed by atoms with Crippen LogP contribution in [0.4, 0.5) is 5.82 Å². The van der Waals surface area contributed by atoms with Gasteiger partial charge in [-0.3, -0.25) is 0 Å². The lowest BCUT2D eigenvalue weighted by Gasteiger charge is -2.18. The maximum absolute atomic E-state index is 9.94. The minimum absolute atomic E-state index is 0.0390. The Bertz CT molecular complexity index is 1330. The molecule has 1 atom stereocenters. The molecule has 3 N–H and O–H groups in total. The first kappa shape index (κ1) is 18.3. The van der Waals surface area contributed by atoms with Crippen molar-refractivity contribution < 1.29 is 5.11 Å². The molecule has 3 aromatic heterocycles. The molecule has 0 amide bonds. The lowest BCUT2D eigenvalue weighted by atomic mass is 10.0. The molecule has 0 saturated heterocycles. The Hall–Kier alpha value is -3.77. The number of pyridine rings is 1. The zero-order chi connectivity index (χ0) is 20.5. The van der Waals surface area contributed by atoms with Crippen LogP contribution >= 0.6 is 0 Å². The predicted octanol–water partition coefficient (Wildman–Crippen LogP) is 4.63. The third-order valence-corrected chi connectivity index (χ3v) is 5.32. The van der Waals surface area contributed by atoms with Crippen LogP contribution < -0.4 is 5.32 Å². The van der Waals surface area contributed by atoms with Crippen molar-refractivity contribution in [3.63, 3.8) is 0 Å². The van der Waals surface area contributed by atoms with E-state index in [1.807, 2.05) is 55.6 Å². The molecule has 30 heavy (non-hydrogen) atoms. The number of benzene rings is 2. The summed E-state index contributed by atoms with van der Waals surface area (Å²) in [4.78, 5) is 16.7. The van der Waals surface area contributed by atoms with E-state index in [9.17, 15) is 5.11 Å². The molecule has 0 saturated carbocycles. The van der Waals surface area contributed by atoms with Crippen LogP contribution in [0.15, 0.2) is 73.2 Å². The number of aromatic nitrogens is 4. The van der Waals surface area contributed by atoms with Crippen molar-refractivity contribution >= 4 is 27.8 Å². The number of hydrogen-bond acceptors (Lipinski definition) is 5. The molecule has 0 aliphatic rings. The quantitative estimate of drug-likeness (QED) is 0.404. The van der Waals surface area contributed by atoms with Crippen LogP contribution in [0.1, 0.15) is 17.3 Å². The van der Waals surface area contributed by atoms with Crippen LogP contribution in [0.3, 0.4) is 0 Å². The Balaban J connectivity index is 1.58. The van der Waals surface area contributed by atoms with Crippen LogP contribution in [0.2, 0.25) is 0 Å². The highest BCUT2D eigenvalue weighted by Gasteiger charge is 2.14. The largest absolute Gasteiger partial charge is 0.394 e. The smallest absolute Gasteiger partial charge is 0.138 e. The highest BCUT2D eigenvalue weighted by Crippen LogP contribution is 2.32. The molecule has 0 unspecified atom stereocenters. The molecule has 0 spiro atoms. The highest BCUT2D eigenvalue weighted by atomic mass is 16.3. The number of hydrogen-bond donors (Lipinski definition) is 3. The van der Waals surface area contributed by atoms with Crippen LogP contribution in [0.5, 0.6) is 0 Å². The summed E-state index contributed by atoms with van der Waals surface area (Å²) < 4.78 is 0. The van der Waals surface area contributed by atoms with Gasteiger partial charge in [0.25, 0.3) is 0 Å². The number of rotatable bonds is 5. The fourth-order valence-corrected chi connectivity index (χ4v) is 3.77. The minimum atomic E-state index is -0.256. The molecule has 0 bridgehead atoms. The van der Waals surface area contributed by atoms with Gasteiger partial charge in [-0.2, -0.15) is 0 Å². The lowest BCUT2D eigenvalue weighted by molar-refractivity contribution is 0.276. The average Bonchev–Trinajstić information content (AvgIpc) is 3.20. The third-order valence-electron chi connectivity index (χ3n) is 5.32. The Labute approximate surface area is 173 Å². The molecule has 2 aromatic carbocycles. The number of nitrogens with one attached hydrogen (secondary N) is 2. The van der Waals surface area contributed by atoms with Crippen molar-refractivity contribution in [2.24, 2.45) is 0 Å². The Morgan fingerprint density at radius 3 is 2.70 bits per heavy atom. The molecule has 0 radical (unpaired) electrons. The van der Waals surface area contributed by atoms with Crippen LogP contribution in [-0.2, 0) is 0 Å². The summed E-state index contributed by atoms with van der Waals surface area (Å²) in [6, 6.07) is 19.8. The first-order chi connectivity index (χ1) is 14.7. The normalized spacial score (nSPS) is 12.3. The molecular weight excluding hydrogens is 374 g/mol. The maximum Gasteiger partial charge on any atom is 0.138 e. The van der Waals surface area contributed by atoms with Gasteiger partial charge in [0.05, 0.1) is 18.2 Å². The number of aryl methyl sites for hydroxylation is 1. The lowest BCUT2D eigenvalue weighted by Crippen LogP contribution is -2.16. The van der Waals surface area contributed by atoms with Crippen LogP contribution in [0.25, 0.3) is 33.1 Å². The van der Waals surface area contributed by atoms with Gasteiger partial charge in [-0.25, -0.2) is 15.0 Å². The number of nitrogens with zero attached hydrogens (tertiary/aromatic N) is 3. The molecule has 5 aromatic rings. The Kier molecular flexibility index (Phi) is 4.61. The van der Waals surface area contributed by atoms with E-state index >= 15 is 0 Å². The SMILES string of the molecule is Cc1ccc2c(-c3ccc4ncnc(N[C@H](CO)c5ccccc5)c4c3)c[nH]c2n1. The van der Waals surface area contributed by atoms with Gasteiger partial charge < -0.3 is 15.4 Å². The van der Waals surface area contributed by atoms with E-state index in [1.54, 1.807) is 6.33 Å². The topological polar surface area (TPSA) is 86.7 Å². The van der Waals surface area contributed by atoms with Crippen molar-refractivity contribution in [3.05, 3.63) is 84.4 Å². The minimum Gasteiger partial charge on any atom is -0.394 e. The first-order valence-corrected chi connectivity index (χ1v) is 9.85. The number of anilines is 1. The molecule has 0 fully saturated rings. The van der Waals surface area contributed by atoms with E-state index in [4.69, 9.17) is 0 Å². The summed E-state index contributed by atoms with van der Waals surface area (Å²) >= 11 is 0. The molecule has 5 rings (SSSR count). The van der Waals surface area contributed by atoms with Gasteiger partial charge in [0, 0.05) is 28.2 Å². The van der Waals surface area contributed by atoms with Crippen molar-refractivity contribution in [1.82, 2.24) is 19.9 Å². The van der Waals surface area contributed by atoms with E-state index in [1.165, 1.54) is 0 Å². The summed E-state index contributed by atoms with van der Waals surface area (Å²) in [6.45, 7) is 1.94. The van der Waals surface area contributed by atoms with Gasteiger partial charge >= 0.3 is 0 Å². The molecule has 6 nitrogen and oxygen atoms in total.